The molecular weight excluding hydrogens is 202 g/mol. The van der Waals surface area contributed by atoms with E-state index in [1.807, 2.05) is 23.6 Å². The fourth-order valence-corrected chi connectivity index (χ4v) is 1.54. The van der Waals surface area contributed by atoms with Crippen molar-refractivity contribution >= 4 is 11.6 Å². The van der Waals surface area contributed by atoms with Crippen LogP contribution in [0.1, 0.15) is 16.1 Å². The van der Waals surface area contributed by atoms with Crippen LogP contribution in [0.2, 0.25) is 0 Å². The maximum absolute atomic E-state index is 11.8. The van der Waals surface area contributed by atoms with Crippen LogP contribution in [0, 0.1) is 19.3 Å². The van der Waals surface area contributed by atoms with Gasteiger partial charge in [-0.25, -0.2) is 4.98 Å². The third-order valence-corrected chi connectivity index (χ3v) is 2.32. The van der Waals surface area contributed by atoms with E-state index in [1.54, 1.807) is 12.3 Å². The van der Waals surface area contributed by atoms with E-state index in [9.17, 15) is 4.79 Å². The lowest BCUT2D eigenvalue weighted by molar-refractivity contribution is 0.0960. The summed E-state index contributed by atoms with van der Waals surface area (Å²) in [5, 5.41) is 2.62. The number of rotatable bonds is 2. The number of hydrogen-bond donors (Lipinski definition) is 1. The minimum absolute atomic E-state index is 0.200. The van der Waals surface area contributed by atoms with Crippen LogP contribution >= 0.6 is 0 Å². The van der Waals surface area contributed by atoms with Gasteiger partial charge in [0.15, 0.2) is 0 Å². The number of amides is 1. The van der Waals surface area contributed by atoms with E-state index in [-0.39, 0.29) is 12.5 Å². The molecule has 0 atom stereocenters. The third-order valence-electron chi connectivity index (χ3n) is 2.32. The van der Waals surface area contributed by atoms with Gasteiger partial charge in [0.1, 0.15) is 5.65 Å². The van der Waals surface area contributed by atoms with Crippen molar-refractivity contribution in [1.29, 1.82) is 0 Å². The summed E-state index contributed by atoms with van der Waals surface area (Å²) in [6.45, 7) is 2.16. The molecule has 2 aromatic heterocycles. The van der Waals surface area contributed by atoms with E-state index in [1.165, 1.54) is 0 Å². The van der Waals surface area contributed by atoms with Gasteiger partial charge < -0.3 is 9.72 Å². The summed E-state index contributed by atoms with van der Waals surface area (Å²) in [7, 11) is 0. The zero-order valence-corrected chi connectivity index (χ0v) is 8.90. The van der Waals surface area contributed by atoms with Crippen LogP contribution in [0.4, 0.5) is 0 Å². The van der Waals surface area contributed by atoms with E-state index in [4.69, 9.17) is 6.42 Å². The van der Waals surface area contributed by atoms with Gasteiger partial charge in [-0.3, -0.25) is 4.79 Å². The van der Waals surface area contributed by atoms with Crippen LogP contribution in [-0.2, 0) is 0 Å². The zero-order valence-electron chi connectivity index (χ0n) is 8.90. The predicted octanol–water partition coefficient (Wildman–Crippen LogP) is 1.01. The fraction of sp³-hybridized carbons (Fsp3) is 0.167. The van der Waals surface area contributed by atoms with Crippen molar-refractivity contribution in [3.8, 4) is 12.3 Å². The topological polar surface area (TPSA) is 46.4 Å². The van der Waals surface area contributed by atoms with Gasteiger partial charge in [-0.2, -0.15) is 0 Å². The molecule has 2 heterocycles. The Morgan fingerprint density at radius 2 is 2.50 bits per heavy atom. The molecule has 0 aliphatic carbocycles. The average molecular weight is 213 g/mol. The normalized spacial score (nSPS) is 10.0. The largest absolute Gasteiger partial charge is 0.341 e. The molecule has 0 aromatic carbocycles. The molecule has 0 aliphatic heterocycles. The molecule has 1 N–H and O–H groups in total. The van der Waals surface area contributed by atoms with Crippen molar-refractivity contribution in [3.63, 3.8) is 0 Å². The average Bonchev–Trinajstić information content (AvgIpc) is 2.68. The second kappa shape index (κ2) is 4.07. The number of nitrogens with one attached hydrogen (secondary N) is 1. The Balaban J connectivity index is 2.45. The summed E-state index contributed by atoms with van der Waals surface area (Å²) in [6.07, 6.45) is 8.69. The molecular formula is C12H11N3O. The molecule has 0 aliphatic rings. The van der Waals surface area contributed by atoms with Crippen LogP contribution in [0.25, 0.3) is 5.65 Å². The molecule has 16 heavy (non-hydrogen) atoms. The third kappa shape index (κ3) is 1.63. The van der Waals surface area contributed by atoms with Gasteiger partial charge in [-0.05, 0) is 19.1 Å². The van der Waals surface area contributed by atoms with Crippen molar-refractivity contribution in [2.75, 3.05) is 6.54 Å². The molecule has 0 saturated heterocycles. The lowest BCUT2D eigenvalue weighted by Gasteiger charge is -2.03. The Bertz CT molecular complexity index is 577. The first-order valence-electron chi connectivity index (χ1n) is 4.88. The number of fused-ring (bicyclic) bond motifs is 1. The van der Waals surface area contributed by atoms with Crippen molar-refractivity contribution < 1.29 is 4.79 Å². The minimum Gasteiger partial charge on any atom is -0.341 e. The number of carbonyl (C=O) groups excluding carboxylic acids is 1. The van der Waals surface area contributed by atoms with Gasteiger partial charge in [-0.1, -0.05) is 5.92 Å². The molecule has 2 rings (SSSR count). The van der Waals surface area contributed by atoms with Crippen molar-refractivity contribution in [1.82, 2.24) is 14.7 Å². The molecule has 0 bridgehead atoms. The molecule has 80 valence electrons. The molecule has 1 amide bonds. The van der Waals surface area contributed by atoms with Gasteiger partial charge in [0.2, 0.25) is 0 Å². The quantitative estimate of drug-likeness (QED) is 0.757. The first-order chi connectivity index (χ1) is 7.74. The highest BCUT2D eigenvalue weighted by atomic mass is 16.1. The predicted molar refractivity (Wildman–Crippen MR) is 61.1 cm³/mol. The molecule has 4 heteroatoms. The Morgan fingerprint density at radius 1 is 1.69 bits per heavy atom. The molecule has 0 unspecified atom stereocenters. The number of aryl methyl sites for hydroxylation is 1. The Labute approximate surface area is 93.3 Å². The van der Waals surface area contributed by atoms with Crippen LogP contribution in [0.15, 0.2) is 24.5 Å². The SMILES string of the molecule is C#CCNC(=O)c1cccn2c(C)cnc12. The highest BCUT2D eigenvalue weighted by Crippen LogP contribution is 2.11. The summed E-state index contributed by atoms with van der Waals surface area (Å²) in [5.41, 5.74) is 2.17. The highest BCUT2D eigenvalue weighted by Gasteiger charge is 2.11. The van der Waals surface area contributed by atoms with E-state index in [2.05, 4.69) is 16.2 Å². The maximum Gasteiger partial charge on any atom is 0.255 e. The second-order valence-electron chi connectivity index (χ2n) is 3.40. The lowest BCUT2D eigenvalue weighted by Crippen LogP contribution is -2.24. The Morgan fingerprint density at radius 3 is 3.25 bits per heavy atom. The first kappa shape index (κ1) is 10.2. The molecule has 4 nitrogen and oxygen atoms in total. The number of nitrogens with zero attached hydrogens (tertiary/aromatic N) is 2. The van der Waals surface area contributed by atoms with E-state index >= 15 is 0 Å². The zero-order chi connectivity index (χ0) is 11.5. The molecule has 0 saturated carbocycles. The highest BCUT2D eigenvalue weighted by molar-refractivity contribution is 5.99. The summed E-state index contributed by atoms with van der Waals surface area (Å²) in [6, 6.07) is 3.54. The van der Waals surface area contributed by atoms with Gasteiger partial charge in [-0.15, -0.1) is 6.42 Å². The number of hydrogen-bond acceptors (Lipinski definition) is 2. The van der Waals surface area contributed by atoms with Gasteiger partial charge >= 0.3 is 0 Å². The Kier molecular flexibility index (Phi) is 2.61. The van der Waals surface area contributed by atoms with Gasteiger partial charge in [0, 0.05) is 18.1 Å². The van der Waals surface area contributed by atoms with Crippen LogP contribution in [0.3, 0.4) is 0 Å². The van der Waals surface area contributed by atoms with E-state index in [0.29, 0.717) is 11.2 Å². The number of terminal acetylenes is 1. The molecule has 0 fully saturated rings. The standard InChI is InChI=1S/C12H11N3O/c1-3-6-13-12(16)10-5-4-7-15-9(2)8-14-11(10)15/h1,4-5,7-8H,6H2,2H3,(H,13,16). The van der Waals surface area contributed by atoms with Crippen molar-refractivity contribution in [3.05, 3.63) is 35.8 Å². The number of pyridine rings is 1. The van der Waals surface area contributed by atoms with Crippen LogP contribution in [-0.4, -0.2) is 21.8 Å². The summed E-state index contributed by atoms with van der Waals surface area (Å²) in [4.78, 5) is 16.0. The smallest absolute Gasteiger partial charge is 0.255 e. The van der Waals surface area contributed by atoms with Gasteiger partial charge in [0.25, 0.3) is 5.91 Å². The monoisotopic (exact) mass is 213 g/mol. The Hall–Kier alpha value is -2.28. The first-order valence-corrected chi connectivity index (χ1v) is 4.88. The second-order valence-corrected chi connectivity index (χ2v) is 3.40. The van der Waals surface area contributed by atoms with E-state index in [0.717, 1.165) is 5.69 Å². The van der Waals surface area contributed by atoms with Crippen molar-refractivity contribution in [2.24, 2.45) is 0 Å². The summed E-state index contributed by atoms with van der Waals surface area (Å²) >= 11 is 0. The molecule has 2 aromatic rings. The summed E-state index contributed by atoms with van der Waals surface area (Å²) in [5.74, 6) is 2.16. The van der Waals surface area contributed by atoms with Gasteiger partial charge in [0.05, 0.1) is 12.1 Å². The maximum atomic E-state index is 11.8. The number of aromatic nitrogens is 2. The summed E-state index contributed by atoms with van der Waals surface area (Å²) < 4.78 is 1.87. The molecule has 0 spiro atoms. The van der Waals surface area contributed by atoms with Crippen LogP contribution in [0.5, 0.6) is 0 Å². The molecule has 0 radical (unpaired) electrons. The van der Waals surface area contributed by atoms with Crippen LogP contribution < -0.4 is 5.32 Å². The fourth-order valence-electron chi connectivity index (χ4n) is 1.54. The lowest BCUT2D eigenvalue weighted by atomic mass is 10.2. The van der Waals surface area contributed by atoms with E-state index < -0.39 is 0 Å². The van der Waals surface area contributed by atoms with Crippen molar-refractivity contribution in [2.45, 2.75) is 6.92 Å². The minimum atomic E-state index is -0.200. The number of carbonyl (C=O) groups is 1. The number of imidazole rings is 1.